The van der Waals surface area contributed by atoms with Crippen molar-refractivity contribution < 1.29 is 19.4 Å². The Kier molecular flexibility index (Phi) is 5.45. The zero-order valence-electron chi connectivity index (χ0n) is 14.6. The van der Waals surface area contributed by atoms with Gasteiger partial charge in [-0.05, 0) is 55.9 Å². The molecule has 0 saturated heterocycles. The van der Waals surface area contributed by atoms with Gasteiger partial charge in [-0.15, -0.1) is 0 Å². The number of aliphatic hydroxyl groups excluding tert-OH is 1. The molecule has 0 spiro atoms. The molecule has 2 aliphatic carbocycles. The van der Waals surface area contributed by atoms with Crippen molar-refractivity contribution in [3.05, 3.63) is 23.3 Å². The smallest absolute Gasteiger partial charge is 0.333 e. The quantitative estimate of drug-likeness (QED) is 0.639. The van der Waals surface area contributed by atoms with Crippen molar-refractivity contribution in [2.45, 2.75) is 52.6 Å². The molecule has 2 aliphatic rings. The van der Waals surface area contributed by atoms with Crippen molar-refractivity contribution in [3.63, 3.8) is 0 Å². The molecule has 1 saturated carbocycles. The van der Waals surface area contributed by atoms with Gasteiger partial charge in [-0.2, -0.15) is 0 Å². The summed E-state index contributed by atoms with van der Waals surface area (Å²) in [6.07, 6.45) is 2.45. The summed E-state index contributed by atoms with van der Waals surface area (Å²) in [4.78, 5) is 24.5. The molecular weight excluding hydrogens is 292 g/mol. The van der Waals surface area contributed by atoms with Crippen LogP contribution in [0.5, 0.6) is 0 Å². The number of rotatable bonds is 4. The molecule has 1 fully saturated rings. The highest BCUT2D eigenvalue weighted by Crippen LogP contribution is 2.49. The average Bonchev–Trinajstić information content (AvgIpc) is 2.69. The van der Waals surface area contributed by atoms with Crippen LogP contribution in [0.1, 0.15) is 46.5 Å². The third-order valence-electron chi connectivity index (χ3n) is 5.77. The van der Waals surface area contributed by atoms with E-state index in [2.05, 4.69) is 13.5 Å². The molecule has 2 rings (SSSR count). The van der Waals surface area contributed by atoms with Crippen molar-refractivity contribution in [2.24, 2.45) is 23.7 Å². The maximum atomic E-state index is 12.7. The van der Waals surface area contributed by atoms with Gasteiger partial charge in [0.25, 0.3) is 0 Å². The largest absolute Gasteiger partial charge is 0.466 e. The molecule has 0 heterocycles. The van der Waals surface area contributed by atoms with Crippen LogP contribution in [-0.4, -0.2) is 30.1 Å². The molecule has 0 aromatic rings. The lowest BCUT2D eigenvalue weighted by atomic mass is 9.77. The summed E-state index contributed by atoms with van der Waals surface area (Å²) in [6, 6.07) is 0. The Morgan fingerprint density at radius 2 is 2.09 bits per heavy atom. The third kappa shape index (κ3) is 3.14. The van der Waals surface area contributed by atoms with Gasteiger partial charge >= 0.3 is 5.97 Å². The number of ketones is 1. The topological polar surface area (TPSA) is 63.6 Å². The van der Waals surface area contributed by atoms with Crippen LogP contribution in [0.3, 0.4) is 0 Å². The molecule has 23 heavy (non-hydrogen) atoms. The summed E-state index contributed by atoms with van der Waals surface area (Å²) in [5, 5.41) is 10.4. The number of methoxy groups -OCH3 is 1. The Labute approximate surface area is 138 Å². The zero-order chi connectivity index (χ0) is 17.3. The Bertz CT molecular complexity index is 546. The third-order valence-corrected chi connectivity index (χ3v) is 5.77. The number of hydrogen-bond acceptors (Lipinski definition) is 4. The Morgan fingerprint density at radius 3 is 2.65 bits per heavy atom. The molecule has 5 atom stereocenters. The van der Waals surface area contributed by atoms with E-state index in [0.29, 0.717) is 24.3 Å². The minimum atomic E-state index is -0.595. The second-order valence-corrected chi connectivity index (χ2v) is 7.01. The number of hydrogen-bond donors (Lipinski definition) is 1. The predicted octanol–water partition coefficient (Wildman–Crippen LogP) is 3.05. The first kappa shape index (κ1) is 17.9. The summed E-state index contributed by atoms with van der Waals surface area (Å²) >= 11 is 0. The van der Waals surface area contributed by atoms with Crippen LogP contribution in [0, 0.1) is 23.7 Å². The minimum Gasteiger partial charge on any atom is -0.466 e. The molecule has 0 aromatic carbocycles. The van der Waals surface area contributed by atoms with Crippen LogP contribution in [0.15, 0.2) is 23.3 Å². The maximum absolute atomic E-state index is 12.7. The highest BCUT2D eigenvalue weighted by Gasteiger charge is 2.47. The number of allylic oxidation sites excluding steroid dienone is 2. The van der Waals surface area contributed by atoms with Crippen molar-refractivity contribution >= 4 is 11.8 Å². The lowest BCUT2D eigenvalue weighted by Crippen LogP contribution is -2.33. The highest BCUT2D eigenvalue weighted by molar-refractivity contribution is 6.01. The fourth-order valence-electron chi connectivity index (χ4n) is 4.30. The standard InChI is InChI=1S/C19H28O4/c1-6-15(20)17-16-10(2)7-8-13(11(3)19(22)23-5)9-14(16)12(4)18(17)21/h10,13,15-17,20H,3,6-9H2,1-2,4-5H3/t10-,13+,15+,16-,17+/m0/s1. The number of esters is 1. The maximum Gasteiger partial charge on any atom is 0.333 e. The molecule has 1 N–H and O–H groups in total. The Balaban J connectivity index is 2.34. The van der Waals surface area contributed by atoms with Crippen LogP contribution in [-0.2, 0) is 14.3 Å². The summed E-state index contributed by atoms with van der Waals surface area (Å²) < 4.78 is 4.81. The number of aliphatic hydroxyl groups is 1. The number of ether oxygens (including phenoxy) is 1. The molecule has 0 amide bonds. The van der Waals surface area contributed by atoms with Gasteiger partial charge in [-0.25, -0.2) is 4.79 Å². The number of carbonyl (C=O) groups excluding carboxylic acids is 2. The molecule has 128 valence electrons. The van der Waals surface area contributed by atoms with Crippen LogP contribution < -0.4 is 0 Å². The minimum absolute atomic E-state index is 0.0187. The number of Topliss-reactive ketones (excluding diaryl/α,β-unsaturated/α-hetero) is 1. The van der Waals surface area contributed by atoms with Gasteiger partial charge in [0.1, 0.15) is 0 Å². The first-order chi connectivity index (χ1) is 10.8. The molecule has 0 radical (unpaired) electrons. The number of fused-ring (bicyclic) bond motifs is 1. The van der Waals surface area contributed by atoms with E-state index in [0.717, 1.165) is 24.0 Å². The van der Waals surface area contributed by atoms with Gasteiger partial charge in [0.15, 0.2) is 5.78 Å². The van der Waals surface area contributed by atoms with E-state index in [9.17, 15) is 14.7 Å². The summed E-state index contributed by atoms with van der Waals surface area (Å²) in [5.74, 6) is -0.189. The van der Waals surface area contributed by atoms with E-state index in [1.807, 2.05) is 13.8 Å². The highest BCUT2D eigenvalue weighted by atomic mass is 16.5. The van der Waals surface area contributed by atoms with Gasteiger partial charge in [-0.1, -0.05) is 26.0 Å². The molecule has 4 heteroatoms. The van der Waals surface area contributed by atoms with E-state index in [4.69, 9.17) is 4.74 Å². The fourth-order valence-corrected chi connectivity index (χ4v) is 4.30. The molecule has 0 aliphatic heterocycles. The Morgan fingerprint density at radius 1 is 1.43 bits per heavy atom. The summed E-state index contributed by atoms with van der Waals surface area (Å²) in [6.45, 7) is 9.84. The van der Waals surface area contributed by atoms with Crippen molar-refractivity contribution in [2.75, 3.05) is 7.11 Å². The van der Waals surface area contributed by atoms with E-state index < -0.39 is 6.10 Å². The molecule has 0 unspecified atom stereocenters. The van der Waals surface area contributed by atoms with Crippen molar-refractivity contribution in [1.29, 1.82) is 0 Å². The fraction of sp³-hybridized carbons (Fsp3) is 0.684. The summed E-state index contributed by atoms with van der Waals surface area (Å²) in [7, 11) is 1.37. The van der Waals surface area contributed by atoms with Gasteiger partial charge in [0, 0.05) is 5.57 Å². The second-order valence-electron chi connectivity index (χ2n) is 7.01. The van der Waals surface area contributed by atoms with Gasteiger partial charge in [-0.3, -0.25) is 4.79 Å². The van der Waals surface area contributed by atoms with Crippen molar-refractivity contribution in [3.8, 4) is 0 Å². The lowest BCUT2D eigenvalue weighted by molar-refractivity contribution is -0.136. The summed E-state index contributed by atoms with van der Waals surface area (Å²) in [5.41, 5.74) is 2.39. The lowest BCUT2D eigenvalue weighted by Gasteiger charge is -2.28. The number of carbonyl (C=O) groups is 2. The van der Waals surface area contributed by atoms with Crippen LogP contribution in [0.2, 0.25) is 0 Å². The van der Waals surface area contributed by atoms with Crippen LogP contribution >= 0.6 is 0 Å². The monoisotopic (exact) mass is 320 g/mol. The SMILES string of the molecule is C=C(C(=O)OC)[C@@H]1CC[C@H](C)[C@H]2C(=C(C)C(=O)[C@@H]2[C@H](O)CC)C1. The van der Waals surface area contributed by atoms with Gasteiger partial charge in [0.05, 0.1) is 19.1 Å². The molecular formula is C19H28O4. The van der Waals surface area contributed by atoms with Crippen molar-refractivity contribution in [1.82, 2.24) is 0 Å². The van der Waals surface area contributed by atoms with E-state index >= 15 is 0 Å². The van der Waals surface area contributed by atoms with Gasteiger partial charge < -0.3 is 9.84 Å². The Hall–Kier alpha value is -1.42. The van der Waals surface area contributed by atoms with E-state index in [1.165, 1.54) is 7.11 Å². The predicted molar refractivity (Wildman–Crippen MR) is 88.6 cm³/mol. The van der Waals surface area contributed by atoms with E-state index in [1.54, 1.807) is 0 Å². The first-order valence-electron chi connectivity index (χ1n) is 8.52. The van der Waals surface area contributed by atoms with Crippen LogP contribution in [0.4, 0.5) is 0 Å². The molecule has 0 bridgehead atoms. The van der Waals surface area contributed by atoms with Gasteiger partial charge in [0.2, 0.25) is 0 Å². The van der Waals surface area contributed by atoms with E-state index in [-0.39, 0.29) is 29.5 Å². The second kappa shape index (κ2) is 7.00. The first-order valence-corrected chi connectivity index (χ1v) is 8.52. The molecule has 4 nitrogen and oxygen atoms in total. The molecule has 0 aromatic heterocycles. The zero-order valence-corrected chi connectivity index (χ0v) is 14.6. The van der Waals surface area contributed by atoms with Crippen LogP contribution in [0.25, 0.3) is 0 Å². The average molecular weight is 320 g/mol. The normalized spacial score (nSPS) is 32.3.